The molecule has 0 aromatic carbocycles. The van der Waals surface area contributed by atoms with E-state index in [1.165, 1.54) is 12.8 Å². The fourth-order valence-electron chi connectivity index (χ4n) is 1.33. The van der Waals surface area contributed by atoms with Crippen molar-refractivity contribution in [1.29, 1.82) is 5.26 Å². The van der Waals surface area contributed by atoms with Crippen LogP contribution in [0.25, 0.3) is 0 Å². The molecule has 0 aliphatic rings. The average molecular weight is 168 g/mol. The molecular weight excluding hydrogens is 148 g/mol. The van der Waals surface area contributed by atoms with E-state index in [0.717, 1.165) is 0 Å². The third-order valence-corrected chi connectivity index (χ3v) is 2.48. The van der Waals surface area contributed by atoms with Gasteiger partial charge in [0.2, 0.25) is 0 Å². The van der Waals surface area contributed by atoms with Gasteiger partial charge in [0.15, 0.2) is 0 Å². The first-order valence-electron chi connectivity index (χ1n) is 4.72. The van der Waals surface area contributed by atoms with Crippen molar-refractivity contribution in [2.24, 2.45) is 0 Å². The van der Waals surface area contributed by atoms with E-state index in [-0.39, 0.29) is 0 Å². The molecule has 0 spiro atoms. The first kappa shape index (κ1) is 11.4. The van der Waals surface area contributed by atoms with Crippen molar-refractivity contribution in [2.75, 3.05) is 7.05 Å². The zero-order valence-electron chi connectivity index (χ0n) is 8.67. The zero-order valence-corrected chi connectivity index (χ0v) is 8.67. The van der Waals surface area contributed by atoms with Crippen LogP contribution >= 0.6 is 0 Å². The molecule has 2 heteroatoms. The van der Waals surface area contributed by atoms with Gasteiger partial charge in [0, 0.05) is 12.1 Å². The summed E-state index contributed by atoms with van der Waals surface area (Å²) in [6.07, 6.45) is 3.06. The highest BCUT2D eigenvalue weighted by Gasteiger charge is 2.13. The molecule has 0 aromatic heterocycles. The Morgan fingerprint density at radius 2 is 1.92 bits per heavy atom. The summed E-state index contributed by atoms with van der Waals surface area (Å²) >= 11 is 0. The Balaban J connectivity index is 3.83. The number of rotatable bonds is 5. The molecule has 0 heterocycles. The topological polar surface area (TPSA) is 27.0 Å². The summed E-state index contributed by atoms with van der Waals surface area (Å²) in [6, 6.07) is 3.19. The van der Waals surface area contributed by atoms with Crippen LogP contribution in [-0.4, -0.2) is 24.0 Å². The molecule has 0 saturated heterocycles. The quantitative estimate of drug-likeness (QED) is 0.630. The Morgan fingerprint density at radius 1 is 1.33 bits per heavy atom. The molecule has 0 aliphatic heterocycles. The summed E-state index contributed by atoms with van der Waals surface area (Å²) in [5, 5.41) is 8.52. The summed E-state index contributed by atoms with van der Waals surface area (Å²) in [5.41, 5.74) is 0. The third kappa shape index (κ3) is 3.73. The monoisotopic (exact) mass is 168 g/mol. The van der Waals surface area contributed by atoms with Gasteiger partial charge in [-0.3, -0.25) is 4.90 Å². The van der Waals surface area contributed by atoms with Crippen LogP contribution < -0.4 is 0 Å². The predicted octanol–water partition coefficient (Wildman–Crippen LogP) is 2.41. The lowest BCUT2D eigenvalue weighted by Crippen LogP contribution is -2.36. The van der Waals surface area contributed by atoms with E-state index in [1.54, 1.807) is 0 Å². The minimum atomic E-state index is 0.386. The van der Waals surface area contributed by atoms with Gasteiger partial charge in [-0.1, -0.05) is 13.3 Å². The molecule has 12 heavy (non-hydrogen) atoms. The smallest absolute Gasteiger partial charge is 0.0638 e. The Bertz CT molecular complexity index is 148. The molecule has 2 nitrogen and oxygen atoms in total. The van der Waals surface area contributed by atoms with E-state index in [9.17, 15) is 0 Å². The van der Waals surface area contributed by atoms with E-state index in [2.05, 4.69) is 38.8 Å². The summed E-state index contributed by atoms with van der Waals surface area (Å²) in [7, 11) is 2.10. The second kappa shape index (κ2) is 6.02. The van der Waals surface area contributed by atoms with Crippen molar-refractivity contribution >= 4 is 0 Å². The van der Waals surface area contributed by atoms with Crippen molar-refractivity contribution in [3.05, 3.63) is 0 Å². The van der Waals surface area contributed by atoms with Crippen LogP contribution in [-0.2, 0) is 0 Å². The second-order valence-corrected chi connectivity index (χ2v) is 3.51. The van der Waals surface area contributed by atoms with E-state index in [4.69, 9.17) is 5.26 Å². The number of nitriles is 1. The van der Waals surface area contributed by atoms with Crippen LogP contribution in [0.5, 0.6) is 0 Å². The molecule has 70 valence electrons. The standard InChI is InChI=1S/C10H20N2/c1-5-6-9(2)12(4)10(3)7-8-11/h9-10H,5-7H2,1-4H3. The minimum absolute atomic E-state index is 0.386. The summed E-state index contributed by atoms with van der Waals surface area (Å²) in [4.78, 5) is 2.28. The van der Waals surface area contributed by atoms with Crippen LogP contribution in [0.4, 0.5) is 0 Å². The lowest BCUT2D eigenvalue weighted by Gasteiger charge is -2.29. The number of hydrogen-bond donors (Lipinski definition) is 0. The first-order valence-corrected chi connectivity index (χ1v) is 4.72. The fourth-order valence-corrected chi connectivity index (χ4v) is 1.33. The highest BCUT2D eigenvalue weighted by atomic mass is 15.1. The van der Waals surface area contributed by atoms with Gasteiger partial charge in [0.1, 0.15) is 0 Å². The van der Waals surface area contributed by atoms with Gasteiger partial charge < -0.3 is 0 Å². The van der Waals surface area contributed by atoms with Crippen molar-refractivity contribution in [3.63, 3.8) is 0 Å². The lowest BCUT2D eigenvalue weighted by atomic mass is 10.1. The van der Waals surface area contributed by atoms with Crippen molar-refractivity contribution in [2.45, 2.75) is 52.1 Å². The molecule has 0 fully saturated rings. The molecule has 2 atom stereocenters. The molecule has 0 aromatic rings. The summed E-state index contributed by atoms with van der Waals surface area (Å²) < 4.78 is 0. The SMILES string of the molecule is CCCC(C)N(C)C(C)CC#N. The second-order valence-electron chi connectivity index (χ2n) is 3.51. The Morgan fingerprint density at radius 3 is 2.33 bits per heavy atom. The highest BCUT2D eigenvalue weighted by molar-refractivity contribution is 4.80. The largest absolute Gasteiger partial charge is 0.300 e. The maximum absolute atomic E-state index is 8.52. The Hall–Kier alpha value is -0.550. The van der Waals surface area contributed by atoms with Crippen LogP contribution in [0.2, 0.25) is 0 Å². The van der Waals surface area contributed by atoms with Crippen LogP contribution in [0.1, 0.15) is 40.0 Å². The Labute approximate surface area is 76.2 Å². The van der Waals surface area contributed by atoms with Gasteiger partial charge in [0.05, 0.1) is 12.5 Å². The molecule has 0 N–H and O–H groups in total. The number of hydrogen-bond acceptors (Lipinski definition) is 2. The molecule has 0 saturated carbocycles. The average Bonchev–Trinajstić information content (AvgIpc) is 2.04. The molecule has 2 unspecified atom stereocenters. The zero-order chi connectivity index (χ0) is 9.56. The minimum Gasteiger partial charge on any atom is -0.300 e. The van der Waals surface area contributed by atoms with Crippen LogP contribution in [0, 0.1) is 11.3 Å². The van der Waals surface area contributed by atoms with Gasteiger partial charge in [-0.25, -0.2) is 0 Å². The lowest BCUT2D eigenvalue weighted by molar-refractivity contribution is 0.188. The van der Waals surface area contributed by atoms with Gasteiger partial charge in [-0.15, -0.1) is 0 Å². The molecule has 0 rings (SSSR count). The van der Waals surface area contributed by atoms with Gasteiger partial charge in [-0.2, -0.15) is 5.26 Å². The number of nitrogens with zero attached hydrogens (tertiary/aromatic N) is 2. The normalized spacial score (nSPS) is 15.7. The van der Waals surface area contributed by atoms with E-state index >= 15 is 0 Å². The summed E-state index contributed by atoms with van der Waals surface area (Å²) in [5.74, 6) is 0. The maximum atomic E-state index is 8.52. The van der Waals surface area contributed by atoms with Crippen molar-refractivity contribution in [3.8, 4) is 6.07 Å². The first-order chi connectivity index (χ1) is 5.63. The van der Waals surface area contributed by atoms with Crippen LogP contribution in [0.15, 0.2) is 0 Å². The van der Waals surface area contributed by atoms with E-state index < -0.39 is 0 Å². The predicted molar refractivity (Wildman–Crippen MR) is 51.8 cm³/mol. The van der Waals surface area contributed by atoms with E-state index in [0.29, 0.717) is 18.5 Å². The Kier molecular flexibility index (Phi) is 5.74. The van der Waals surface area contributed by atoms with Gasteiger partial charge in [-0.05, 0) is 27.3 Å². The maximum Gasteiger partial charge on any atom is 0.0638 e. The van der Waals surface area contributed by atoms with Gasteiger partial charge in [0.25, 0.3) is 0 Å². The fraction of sp³-hybridized carbons (Fsp3) is 0.900. The molecule has 0 bridgehead atoms. The van der Waals surface area contributed by atoms with Gasteiger partial charge >= 0.3 is 0 Å². The highest BCUT2D eigenvalue weighted by Crippen LogP contribution is 2.09. The molecule has 0 radical (unpaired) electrons. The van der Waals surface area contributed by atoms with Crippen molar-refractivity contribution in [1.82, 2.24) is 4.90 Å². The van der Waals surface area contributed by atoms with E-state index in [1.807, 2.05) is 0 Å². The third-order valence-electron chi connectivity index (χ3n) is 2.48. The molecule has 0 amide bonds. The van der Waals surface area contributed by atoms with Crippen LogP contribution in [0.3, 0.4) is 0 Å². The molecule has 0 aliphatic carbocycles. The summed E-state index contributed by atoms with van der Waals surface area (Å²) in [6.45, 7) is 6.52. The van der Waals surface area contributed by atoms with Crippen molar-refractivity contribution < 1.29 is 0 Å². The molecular formula is C10H20N2.